The highest BCUT2D eigenvalue weighted by Gasteiger charge is 1.90. The van der Waals surface area contributed by atoms with Gasteiger partial charge in [-0.15, -0.1) is 0 Å². The summed E-state index contributed by atoms with van der Waals surface area (Å²) in [7, 11) is 0. The van der Waals surface area contributed by atoms with Crippen LogP contribution in [0.1, 0.15) is 32.6 Å². The summed E-state index contributed by atoms with van der Waals surface area (Å²) in [5, 5.41) is 0. The van der Waals surface area contributed by atoms with Crippen molar-refractivity contribution in [2.24, 2.45) is 0 Å². The molecule has 0 heterocycles. The molecule has 0 unspecified atom stereocenters. The molecule has 0 aromatic carbocycles. The molecule has 0 aromatic rings. The largest absolute Gasteiger partial charge is 0.303 e. The standard InChI is InChI=1S/C12H18O/c1-4-11(2)7-5-8-12(3)9-6-10-13/h4,8,10H,1-2,5-7,9H2,3H3/b12-8+. The number of allylic oxidation sites excluding steroid dienone is 4. The first kappa shape index (κ1) is 11.9. The van der Waals surface area contributed by atoms with Crippen molar-refractivity contribution < 1.29 is 4.79 Å². The van der Waals surface area contributed by atoms with Gasteiger partial charge in [0, 0.05) is 6.42 Å². The molecule has 0 amide bonds. The highest BCUT2D eigenvalue weighted by molar-refractivity contribution is 5.49. The number of hydrogen-bond donors (Lipinski definition) is 0. The Hall–Kier alpha value is -1.11. The lowest BCUT2D eigenvalue weighted by molar-refractivity contribution is -0.107. The quantitative estimate of drug-likeness (QED) is 0.331. The summed E-state index contributed by atoms with van der Waals surface area (Å²) >= 11 is 0. The summed E-state index contributed by atoms with van der Waals surface area (Å²) in [5.74, 6) is 0. The van der Waals surface area contributed by atoms with E-state index in [1.807, 2.05) is 0 Å². The Balaban J connectivity index is 3.63. The van der Waals surface area contributed by atoms with Crippen molar-refractivity contribution in [2.45, 2.75) is 32.6 Å². The van der Waals surface area contributed by atoms with Crippen molar-refractivity contribution in [2.75, 3.05) is 0 Å². The molecule has 0 N–H and O–H groups in total. The smallest absolute Gasteiger partial charge is 0.120 e. The fourth-order valence-corrected chi connectivity index (χ4v) is 0.995. The minimum Gasteiger partial charge on any atom is -0.303 e. The van der Waals surface area contributed by atoms with Crippen molar-refractivity contribution in [3.8, 4) is 0 Å². The van der Waals surface area contributed by atoms with Gasteiger partial charge < -0.3 is 4.79 Å². The molecule has 0 saturated carbocycles. The van der Waals surface area contributed by atoms with Crippen LogP contribution < -0.4 is 0 Å². The van der Waals surface area contributed by atoms with Crippen LogP contribution in [0.25, 0.3) is 0 Å². The van der Waals surface area contributed by atoms with E-state index >= 15 is 0 Å². The maximum absolute atomic E-state index is 10.1. The van der Waals surface area contributed by atoms with Gasteiger partial charge in [0.1, 0.15) is 6.29 Å². The lowest BCUT2D eigenvalue weighted by Crippen LogP contribution is -1.81. The van der Waals surface area contributed by atoms with E-state index in [0.29, 0.717) is 6.42 Å². The molecule has 72 valence electrons. The van der Waals surface area contributed by atoms with E-state index in [-0.39, 0.29) is 0 Å². The highest BCUT2D eigenvalue weighted by Crippen LogP contribution is 2.08. The third kappa shape index (κ3) is 7.26. The summed E-state index contributed by atoms with van der Waals surface area (Å²) in [5.41, 5.74) is 2.35. The third-order valence-electron chi connectivity index (χ3n) is 1.90. The summed E-state index contributed by atoms with van der Waals surface area (Å²) < 4.78 is 0. The first-order valence-electron chi connectivity index (χ1n) is 4.60. The maximum atomic E-state index is 10.1. The number of rotatable bonds is 7. The lowest BCUT2D eigenvalue weighted by atomic mass is 10.1. The van der Waals surface area contributed by atoms with Crippen LogP contribution in [0, 0.1) is 0 Å². The second-order valence-electron chi connectivity index (χ2n) is 3.16. The normalized spacial score (nSPS) is 11.0. The van der Waals surface area contributed by atoms with Gasteiger partial charge in [0.25, 0.3) is 0 Å². The Bertz CT molecular complexity index is 211. The van der Waals surface area contributed by atoms with Crippen molar-refractivity contribution in [1.29, 1.82) is 0 Å². The second-order valence-corrected chi connectivity index (χ2v) is 3.16. The number of hydrogen-bond acceptors (Lipinski definition) is 1. The third-order valence-corrected chi connectivity index (χ3v) is 1.90. The topological polar surface area (TPSA) is 17.1 Å². The van der Waals surface area contributed by atoms with Gasteiger partial charge in [0.15, 0.2) is 0 Å². The minimum absolute atomic E-state index is 0.630. The maximum Gasteiger partial charge on any atom is 0.120 e. The van der Waals surface area contributed by atoms with Crippen LogP contribution in [0.15, 0.2) is 36.5 Å². The molecule has 0 atom stereocenters. The van der Waals surface area contributed by atoms with Crippen LogP contribution in [-0.4, -0.2) is 6.29 Å². The van der Waals surface area contributed by atoms with E-state index in [2.05, 4.69) is 26.2 Å². The van der Waals surface area contributed by atoms with Gasteiger partial charge in [-0.05, 0) is 26.2 Å². The number of aldehydes is 1. The Morgan fingerprint density at radius 1 is 1.31 bits per heavy atom. The Morgan fingerprint density at radius 2 is 2.00 bits per heavy atom. The molecule has 1 heteroatoms. The molecule has 1 nitrogen and oxygen atoms in total. The Labute approximate surface area is 80.8 Å². The zero-order valence-corrected chi connectivity index (χ0v) is 8.38. The van der Waals surface area contributed by atoms with Crippen LogP contribution >= 0.6 is 0 Å². The van der Waals surface area contributed by atoms with Crippen molar-refractivity contribution in [3.63, 3.8) is 0 Å². The first-order chi connectivity index (χ1) is 6.20. The second kappa shape index (κ2) is 7.53. The molecule has 0 aliphatic heterocycles. The van der Waals surface area contributed by atoms with Crippen molar-refractivity contribution >= 4 is 6.29 Å². The molecule has 0 aliphatic carbocycles. The molecule has 0 fully saturated rings. The van der Waals surface area contributed by atoms with Gasteiger partial charge in [-0.25, -0.2) is 0 Å². The summed E-state index contributed by atoms with van der Waals surface area (Å²) in [4.78, 5) is 10.1. The van der Waals surface area contributed by atoms with E-state index in [1.165, 1.54) is 5.57 Å². The first-order valence-corrected chi connectivity index (χ1v) is 4.60. The number of carbonyl (C=O) groups excluding carboxylic acids is 1. The zero-order chi connectivity index (χ0) is 10.1. The van der Waals surface area contributed by atoms with Gasteiger partial charge in [-0.1, -0.05) is 36.5 Å². The van der Waals surface area contributed by atoms with E-state index < -0.39 is 0 Å². The van der Waals surface area contributed by atoms with E-state index in [1.54, 1.807) is 6.08 Å². The molecular formula is C12H18O. The zero-order valence-electron chi connectivity index (χ0n) is 8.38. The molecule has 0 rings (SSSR count). The summed E-state index contributed by atoms with van der Waals surface area (Å²) in [6, 6.07) is 0. The SMILES string of the molecule is C=CC(=C)CC/C=C(\C)CCC=O. The number of carbonyl (C=O) groups is 1. The average molecular weight is 178 g/mol. The Morgan fingerprint density at radius 3 is 2.54 bits per heavy atom. The van der Waals surface area contributed by atoms with Crippen molar-refractivity contribution in [1.82, 2.24) is 0 Å². The Kier molecular flexibility index (Phi) is 6.89. The molecular weight excluding hydrogens is 160 g/mol. The summed E-state index contributed by atoms with van der Waals surface area (Å²) in [6.07, 6.45) is 8.37. The lowest BCUT2D eigenvalue weighted by Gasteiger charge is -1.98. The molecule has 0 bridgehead atoms. The fraction of sp³-hybridized carbons (Fsp3) is 0.417. The van der Waals surface area contributed by atoms with Gasteiger partial charge in [0.2, 0.25) is 0 Å². The van der Waals surface area contributed by atoms with Gasteiger partial charge in [-0.3, -0.25) is 0 Å². The van der Waals surface area contributed by atoms with Crippen LogP contribution in [0.2, 0.25) is 0 Å². The molecule has 0 radical (unpaired) electrons. The van der Waals surface area contributed by atoms with Gasteiger partial charge in [-0.2, -0.15) is 0 Å². The molecule has 0 aromatic heterocycles. The minimum atomic E-state index is 0.630. The molecule has 0 spiro atoms. The summed E-state index contributed by atoms with van der Waals surface area (Å²) in [6.45, 7) is 9.53. The van der Waals surface area contributed by atoms with E-state index in [0.717, 1.165) is 31.1 Å². The highest BCUT2D eigenvalue weighted by atomic mass is 16.1. The van der Waals surface area contributed by atoms with E-state index in [9.17, 15) is 4.79 Å². The monoisotopic (exact) mass is 178 g/mol. The van der Waals surface area contributed by atoms with Gasteiger partial charge >= 0.3 is 0 Å². The molecule has 0 aliphatic rings. The van der Waals surface area contributed by atoms with Crippen molar-refractivity contribution in [3.05, 3.63) is 36.5 Å². The van der Waals surface area contributed by atoms with Crippen LogP contribution in [0.3, 0.4) is 0 Å². The molecule has 13 heavy (non-hydrogen) atoms. The van der Waals surface area contributed by atoms with Crippen LogP contribution in [-0.2, 0) is 4.79 Å². The fourth-order valence-electron chi connectivity index (χ4n) is 0.995. The van der Waals surface area contributed by atoms with Crippen LogP contribution in [0.4, 0.5) is 0 Å². The predicted octanol–water partition coefficient (Wildman–Crippen LogP) is 3.43. The van der Waals surface area contributed by atoms with E-state index in [4.69, 9.17) is 0 Å². The van der Waals surface area contributed by atoms with Gasteiger partial charge in [0.05, 0.1) is 0 Å². The molecule has 0 saturated heterocycles. The average Bonchev–Trinajstić information content (AvgIpc) is 2.14. The van der Waals surface area contributed by atoms with Crippen LogP contribution in [0.5, 0.6) is 0 Å². The predicted molar refractivity (Wildman–Crippen MR) is 57.6 cm³/mol.